The van der Waals surface area contributed by atoms with E-state index < -0.39 is 50.5 Å². The molecule has 2 atom stereocenters. The number of carbonyl (C=O) groups is 3. The van der Waals surface area contributed by atoms with Crippen molar-refractivity contribution >= 4 is 73.8 Å². The molecule has 0 bridgehead atoms. The van der Waals surface area contributed by atoms with E-state index in [1.54, 1.807) is 41.8 Å². The Morgan fingerprint density at radius 2 is 1.79 bits per heavy atom. The van der Waals surface area contributed by atoms with Gasteiger partial charge in [-0.2, -0.15) is 0 Å². The second-order valence-electron chi connectivity index (χ2n) is 9.43. The van der Waals surface area contributed by atoms with Gasteiger partial charge in [0.2, 0.25) is 5.91 Å². The van der Waals surface area contributed by atoms with E-state index in [-0.39, 0.29) is 34.9 Å². The largest absolute Gasteiger partial charge is 0.477 e. The molecule has 2 aliphatic heterocycles. The fourth-order valence-electron chi connectivity index (χ4n) is 4.62. The molecule has 0 saturated carbocycles. The second-order valence-corrected chi connectivity index (χ2v) is 13.8. The number of halogens is 3. The van der Waals surface area contributed by atoms with Crippen molar-refractivity contribution in [3.63, 3.8) is 0 Å². The minimum absolute atomic E-state index is 0.0178. The van der Waals surface area contributed by atoms with Crippen molar-refractivity contribution < 1.29 is 37.4 Å². The lowest BCUT2D eigenvalue weighted by atomic mass is 10.0. The Balaban J connectivity index is 1.31. The van der Waals surface area contributed by atoms with Crippen LogP contribution in [0.2, 0.25) is 15.1 Å². The fourth-order valence-corrected chi connectivity index (χ4v) is 7.98. The standard InChI is InChI=1S/C28H21Cl3N2O8S2/c29-16-5-7-20(19(31)11-16)41-21-8-6-17(30)12-22(21)40-9-1-3-15-14-43(38,39)27-24(26(35)33(27)25(15)28(36)37)32-23(34)13-18-4-2-10-42-18/h1-2,4-12,24,27H,3,13-14H2,(H,32,34)(H,36,37)/t24?,27-/m0/s1. The number of aliphatic carboxylic acids is 1. The number of thiophene rings is 1. The van der Waals surface area contributed by atoms with E-state index in [2.05, 4.69) is 5.32 Å². The summed E-state index contributed by atoms with van der Waals surface area (Å²) in [4.78, 5) is 39.0. The minimum atomic E-state index is -4.03. The zero-order chi connectivity index (χ0) is 30.9. The van der Waals surface area contributed by atoms with Gasteiger partial charge < -0.3 is 19.9 Å². The zero-order valence-electron chi connectivity index (χ0n) is 21.8. The van der Waals surface area contributed by atoms with E-state index in [9.17, 15) is 27.9 Å². The Morgan fingerprint density at radius 3 is 2.47 bits per heavy atom. The molecule has 1 aromatic heterocycles. The summed E-state index contributed by atoms with van der Waals surface area (Å²) in [5.41, 5.74) is -0.460. The van der Waals surface area contributed by atoms with Crippen molar-refractivity contribution in [1.82, 2.24) is 10.2 Å². The number of ether oxygens (including phenoxy) is 2. The zero-order valence-corrected chi connectivity index (χ0v) is 25.7. The molecule has 5 rings (SSSR count). The monoisotopic (exact) mass is 682 g/mol. The molecule has 2 amide bonds. The summed E-state index contributed by atoms with van der Waals surface area (Å²) in [6.45, 7) is 0. The number of amides is 2. The molecule has 0 aliphatic carbocycles. The van der Waals surface area contributed by atoms with Gasteiger partial charge in [0.1, 0.15) is 17.5 Å². The van der Waals surface area contributed by atoms with Crippen molar-refractivity contribution in [1.29, 1.82) is 0 Å². The first-order valence-corrected chi connectivity index (χ1v) is 16.2. The molecule has 3 aromatic rings. The Hall–Kier alpha value is -3.55. The SMILES string of the molecule is O=C(Cc1cccs1)NC1C(=O)N2C(C(=O)O)=C(CC=COc3cc(Cl)ccc3Oc3ccc(Cl)cc3Cl)CS(=O)(=O)[C@@H]12. The highest BCUT2D eigenvalue weighted by atomic mass is 35.5. The summed E-state index contributed by atoms with van der Waals surface area (Å²) in [6.07, 6.45) is 2.43. The third kappa shape index (κ3) is 6.68. The Labute approximate surface area is 265 Å². The van der Waals surface area contributed by atoms with Gasteiger partial charge in [0.15, 0.2) is 26.7 Å². The van der Waals surface area contributed by atoms with Gasteiger partial charge in [0.05, 0.1) is 23.5 Å². The van der Waals surface area contributed by atoms with Crippen molar-refractivity contribution in [2.75, 3.05) is 5.75 Å². The van der Waals surface area contributed by atoms with Gasteiger partial charge in [-0.1, -0.05) is 40.9 Å². The van der Waals surface area contributed by atoms with Crippen molar-refractivity contribution in [2.45, 2.75) is 24.3 Å². The average molecular weight is 684 g/mol. The van der Waals surface area contributed by atoms with Crippen LogP contribution in [0.3, 0.4) is 0 Å². The number of carbonyl (C=O) groups excluding carboxylic acids is 2. The molecule has 0 spiro atoms. The number of sulfone groups is 1. The predicted octanol–water partition coefficient (Wildman–Crippen LogP) is 5.45. The van der Waals surface area contributed by atoms with Gasteiger partial charge in [0.25, 0.3) is 5.91 Å². The molecule has 1 saturated heterocycles. The third-order valence-corrected chi connectivity index (χ3v) is 10.1. The number of β-lactam (4-membered cyclic amide) rings is 1. The number of fused-ring (bicyclic) bond motifs is 1. The maximum absolute atomic E-state index is 13.2. The van der Waals surface area contributed by atoms with E-state index in [0.717, 1.165) is 9.78 Å². The summed E-state index contributed by atoms with van der Waals surface area (Å²) in [6, 6.07) is 11.4. The molecule has 1 unspecified atom stereocenters. The molecule has 2 aromatic carbocycles. The Kier molecular flexibility index (Phi) is 9.04. The van der Waals surface area contributed by atoms with Crippen LogP contribution in [0.15, 0.2) is 77.5 Å². The van der Waals surface area contributed by atoms with Crippen LogP contribution in [-0.4, -0.2) is 53.4 Å². The first-order chi connectivity index (χ1) is 20.4. The molecule has 1 fully saturated rings. The van der Waals surface area contributed by atoms with Crippen LogP contribution in [0.1, 0.15) is 11.3 Å². The number of hydrogen-bond acceptors (Lipinski definition) is 8. The van der Waals surface area contributed by atoms with Crippen LogP contribution in [-0.2, 0) is 30.6 Å². The van der Waals surface area contributed by atoms with E-state index >= 15 is 0 Å². The number of benzene rings is 2. The van der Waals surface area contributed by atoms with Crippen molar-refractivity contribution in [2.24, 2.45) is 0 Å². The molecular weight excluding hydrogens is 663 g/mol. The summed E-state index contributed by atoms with van der Waals surface area (Å²) >= 11 is 19.6. The van der Waals surface area contributed by atoms with E-state index in [0.29, 0.717) is 15.8 Å². The highest BCUT2D eigenvalue weighted by Crippen LogP contribution is 2.39. The summed E-state index contributed by atoms with van der Waals surface area (Å²) in [7, 11) is -4.03. The summed E-state index contributed by atoms with van der Waals surface area (Å²) < 4.78 is 37.8. The number of carboxylic acids is 1. The Morgan fingerprint density at radius 1 is 1.07 bits per heavy atom. The molecule has 3 heterocycles. The van der Waals surface area contributed by atoms with Crippen LogP contribution in [0.25, 0.3) is 0 Å². The number of nitrogens with one attached hydrogen (secondary N) is 1. The van der Waals surface area contributed by atoms with Crippen LogP contribution in [0, 0.1) is 0 Å². The van der Waals surface area contributed by atoms with Crippen LogP contribution < -0.4 is 14.8 Å². The number of carboxylic acid groups (broad SMARTS) is 1. The fraction of sp³-hybridized carbons (Fsp3) is 0.179. The highest BCUT2D eigenvalue weighted by Gasteiger charge is 2.60. The quantitative estimate of drug-likeness (QED) is 0.213. The molecule has 2 N–H and O–H groups in total. The molecular formula is C28H21Cl3N2O8S2. The number of hydrogen-bond donors (Lipinski definition) is 2. The minimum Gasteiger partial charge on any atom is -0.477 e. The predicted molar refractivity (Wildman–Crippen MR) is 161 cm³/mol. The maximum Gasteiger partial charge on any atom is 0.352 e. The topological polar surface area (TPSA) is 139 Å². The first-order valence-electron chi connectivity index (χ1n) is 12.5. The molecule has 43 heavy (non-hydrogen) atoms. The van der Waals surface area contributed by atoms with Gasteiger partial charge in [-0.3, -0.25) is 14.5 Å². The lowest BCUT2D eigenvalue weighted by Crippen LogP contribution is -2.74. The van der Waals surface area contributed by atoms with Crippen molar-refractivity contribution in [3.05, 3.63) is 97.5 Å². The van der Waals surface area contributed by atoms with E-state index in [4.69, 9.17) is 44.3 Å². The first kappa shape index (κ1) is 30.9. The highest BCUT2D eigenvalue weighted by molar-refractivity contribution is 7.92. The molecule has 0 radical (unpaired) electrons. The van der Waals surface area contributed by atoms with Gasteiger partial charge in [-0.05, 0) is 59.8 Å². The summed E-state index contributed by atoms with van der Waals surface area (Å²) in [5.74, 6) is -2.69. The lowest BCUT2D eigenvalue weighted by molar-refractivity contribution is -0.151. The molecule has 2 aliphatic rings. The number of nitrogens with zero attached hydrogens (tertiary/aromatic N) is 1. The molecule has 224 valence electrons. The summed E-state index contributed by atoms with van der Waals surface area (Å²) in [5, 5.41) is 13.7. The van der Waals surface area contributed by atoms with E-state index in [1.807, 2.05) is 0 Å². The smallest absolute Gasteiger partial charge is 0.352 e. The molecule has 15 heteroatoms. The molecule has 10 nitrogen and oxygen atoms in total. The number of allylic oxidation sites excluding steroid dienone is 1. The van der Waals surface area contributed by atoms with E-state index in [1.165, 1.54) is 35.8 Å². The van der Waals surface area contributed by atoms with Gasteiger partial charge in [0, 0.05) is 21.0 Å². The van der Waals surface area contributed by atoms with Gasteiger partial charge in [-0.25, -0.2) is 13.2 Å². The van der Waals surface area contributed by atoms with Crippen LogP contribution >= 0.6 is 46.1 Å². The average Bonchev–Trinajstić information content (AvgIpc) is 3.44. The van der Waals surface area contributed by atoms with Crippen LogP contribution in [0.4, 0.5) is 0 Å². The van der Waals surface area contributed by atoms with Crippen molar-refractivity contribution in [3.8, 4) is 17.2 Å². The Bertz CT molecular complexity index is 1770. The lowest BCUT2D eigenvalue weighted by Gasteiger charge is -2.49. The normalized spacial score (nSPS) is 19.1. The second kappa shape index (κ2) is 12.6. The maximum atomic E-state index is 13.2. The number of rotatable bonds is 10. The van der Waals surface area contributed by atoms with Gasteiger partial charge in [-0.15, -0.1) is 11.3 Å². The van der Waals surface area contributed by atoms with Crippen LogP contribution in [0.5, 0.6) is 17.2 Å². The van der Waals surface area contributed by atoms with Gasteiger partial charge >= 0.3 is 5.97 Å². The third-order valence-electron chi connectivity index (χ3n) is 6.47.